The number of ether oxygens (including phenoxy) is 1. The fourth-order valence-electron chi connectivity index (χ4n) is 3.89. The number of benzene rings is 1. The highest BCUT2D eigenvalue weighted by molar-refractivity contribution is 5.93. The van der Waals surface area contributed by atoms with Crippen molar-refractivity contribution < 1.29 is 27.5 Å². The van der Waals surface area contributed by atoms with E-state index in [1.54, 1.807) is 31.2 Å². The molecule has 1 aromatic carbocycles. The Morgan fingerprint density at radius 2 is 1.79 bits per heavy atom. The third-order valence-electron chi connectivity index (χ3n) is 5.69. The lowest BCUT2D eigenvalue weighted by atomic mass is 9.97. The number of piperidine rings is 1. The van der Waals surface area contributed by atoms with Crippen LogP contribution in [0.5, 0.6) is 0 Å². The molecule has 3 aromatic rings. The van der Waals surface area contributed by atoms with Crippen LogP contribution < -0.4 is 0 Å². The number of rotatable bonds is 4. The first kappa shape index (κ1) is 22.8. The van der Waals surface area contributed by atoms with Gasteiger partial charge in [-0.3, -0.25) is 9.59 Å². The largest absolute Gasteiger partial charge is 0.466 e. The van der Waals surface area contributed by atoms with Crippen LogP contribution in [0.4, 0.5) is 13.2 Å². The second kappa shape index (κ2) is 8.84. The minimum Gasteiger partial charge on any atom is -0.466 e. The number of likely N-dealkylation sites (tertiary alicyclic amines) is 1. The number of nitrogens with zero attached hydrogens (tertiary/aromatic N) is 4. The molecule has 1 amide bonds. The maximum atomic E-state index is 13.8. The minimum absolute atomic E-state index is 0.0647. The zero-order valence-electron chi connectivity index (χ0n) is 18.2. The summed E-state index contributed by atoms with van der Waals surface area (Å²) in [6, 6.07) is 9.19. The lowest BCUT2D eigenvalue weighted by Gasteiger charge is -2.30. The fourth-order valence-corrected chi connectivity index (χ4v) is 3.89. The molecular weight excluding hydrogens is 437 g/mol. The molecule has 0 spiro atoms. The molecule has 0 unspecified atom stereocenters. The number of aryl methyl sites for hydroxylation is 1. The van der Waals surface area contributed by atoms with E-state index in [4.69, 9.17) is 4.74 Å². The highest BCUT2D eigenvalue weighted by Gasteiger charge is 2.36. The molecule has 1 saturated heterocycles. The topological polar surface area (TPSA) is 76.8 Å². The Hall–Kier alpha value is -3.43. The summed E-state index contributed by atoms with van der Waals surface area (Å²) in [6.45, 7) is 4.49. The van der Waals surface area contributed by atoms with Gasteiger partial charge in [0.2, 0.25) is 0 Å². The Kier molecular flexibility index (Phi) is 6.09. The molecule has 33 heavy (non-hydrogen) atoms. The normalized spacial score (nSPS) is 15.1. The smallest absolute Gasteiger partial charge is 0.433 e. The molecule has 0 atom stereocenters. The van der Waals surface area contributed by atoms with Crippen molar-refractivity contribution >= 4 is 17.5 Å². The third-order valence-corrected chi connectivity index (χ3v) is 5.69. The first-order valence-corrected chi connectivity index (χ1v) is 10.7. The molecule has 1 aliphatic heterocycles. The Bertz CT molecular complexity index is 1180. The van der Waals surface area contributed by atoms with Crippen molar-refractivity contribution in [1.82, 2.24) is 19.5 Å². The van der Waals surface area contributed by atoms with E-state index in [1.165, 1.54) is 11.0 Å². The highest BCUT2D eigenvalue weighted by atomic mass is 19.4. The predicted octanol–water partition coefficient (Wildman–Crippen LogP) is 4.14. The number of aromatic nitrogens is 3. The average Bonchev–Trinajstić information content (AvgIpc) is 3.22. The van der Waals surface area contributed by atoms with Gasteiger partial charge in [-0.25, -0.2) is 9.50 Å². The summed E-state index contributed by atoms with van der Waals surface area (Å²) < 4.78 is 47.1. The van der Waals surface area contributed by atoms with Gasteiger partial charge in [0, 0.05) is 24.7 Å². The van der Waals surface area contributed by atoms with Crippen LogP contribution in [0, 0.1) is 12.8 Å². The van der Waals surface area contributed by atoms with Crippen molar-refractivity contribution in [3.8, 4) is 11.3 Å². The SMILES string of the molecule is CCOC(=O)C1CCN(C(=O)c2cc3nc(-c4ccc(C)cc4)cc(C(F)(F)F)n3n2)CC1. The number of amides is 1. The van der Waals surface area contributed by atoms with Gasteiger partial charge in [-0.2, -0.15) is 18.3 Å². The van der Waals surface area contributed by atoms with Crippen LogP contribution in [-0.4, -0.2) is 51.1 Å². The monoisotopic (exact) mass is 460 g/mol. The number of carbonyl (C=O) groups excluding carboxylic acids is 2. The number of alkyl halides is 3. The molecule has 0 bridgehead atoms. The summed E-state index contributed by atoms with van der Waals surface area (Å²) in [5, 5.41) is 3.94. The number of hydrogen-bond donors (Lipinski definition) is 0. The summed E-state index contributed by atoms with van der Waals surface area (Å²) in [5.74, 6) is -1.07. The van der Waals surface area contributed by atoms with Crippen LogP contribution in [0.2, 0.25) is 0 Å². The van der Waals surface area contributed by atoms with E-state index in [0.29, 0.717) is 42.6 Å². The van der Waals surface area contributed by atoms with Gasteiger partial charge in [0.25, 0.3) is 5.91 Å². The molecule has 0 N–H and O–H groups in total. The minimum atomic E-state index is -4.69. The highest BCUT2D eigenvalue weighted by Crippen LogP contribution is 2.32. The third kappa shape index (κ3) is 4.69. The molecule has 0 radical (unpaired) electrons. The van der Waals surface area contributed by atoms with E-state index in [2.05, 4.69) is 10.1 Å². The molecule has 0 aliphatic carbocycles. The molecule has 1 fully saturated rings. The van der Waals surface area contributed by atoms with Gasteiger partial charge in [-0.15, -0.1) is 0 Å². The van der Waals surface area contributed by atoms with E-state index < -0.39 is 17.8 Å². The average molecular weight is 460 g/mol. The van der Waals surface area contributed by atoms with E-state index in [-0.39, 0.29) is 28.9 Å². The quantitative estimate of drug-likeness (QED) is 0.547. The number of carbonyl (C=O) groups is 2. The lowest BCUT2D eigenvalue weighted by molar-refractivity contribution is -0.149. The molecule has 1 aliphatic rings. The van der Waals surface area contributed by atoms with Crippen molar-refractivity contribution in [3.05, 3.63) is 53.3 Å². The second-order valence-corrected chi connectivity index (χ2v) is 8.01. The van der Waals surface area contributed by atoms with Gasteiger partial charge in [0.15, 0.2) is 17.0 Å². The van der Waals surface area contributed by atoms with E-state index in [0.717, 1.165) is 11.6 Å². The zero-order valence-corrected chi connectivity index (χ0v) is 18.2. The molecule has 7 nitrogen and oxygen atoms in total. The van der Waals surface area contributed by atoms with Crippen LogP contribution in [0.1, 0.15) is 41.5 Å². The molecule has 4 rings (SSSR count). The number of fused-ring (bicyclic) bond motifs is 1. The van der Waals surface area contributed by atoms with Crippen molar-refractivity contribution in [1.29, 1.82) is 0 Å². The number of halogens is 3. The van der Waals surface area contributed by atoms with Crippen LogP contribution in [0.15, 0.2) is 36.4 Å². The second-order valence-electron chi connectivity index (χ2n) is 8.01. The fraction of sp³-hybridized carbons (Fsp3) is 0.391. The van der Waals surface area contributed by atoms with Crippen molar-refractivity contribution in [2.24, 2.45) is 5.92 Å². The zero-order chi connectivity index (χ0) is 23.8. The first-order chi connectivity index (χ1) is 15.7. The summed E-state index contributed by atoms with van der Waals surface area (Å²) in [6.07, 6.45) is -3.83. The van der Waals surface area contributed by atoms with Gasteiger partial charge in [0.05, 0.1) is 18.2 Å². The molecule has 0 saturated carbocycles. The van der Waals surface area contributed by atoms with Gasteiger partial charge in [0.1, 0.15) is 0 Å². The summed E-state index contributed by atoms with van der Waals surface area (Å²) in [4.78, 5) is 30.7. The molecule has 3 heterocycles. The molecular formula is C23H23F3N4O3. The van der Waals surface area contributed by atoms with E-state index >= 15 is 0 Å². The molecule has 174 valence electrons. The van der Waals surface area contributed by atoms with E-state index in [1.807, 2.05) is 6.92 Å². The van der Waals surface area contributed by atoms with Crippen molar-refractivity contribution in [2.75, 3.05) is 19.7 Å². The Morgan fingerprint density at radius 3 is 2.39 bits per heavy atom. The van der Waals surface area contributed by atoms with Crippen LogP contribution in [-0.2, 0) is 15.7 Å². The standard InChI is InChI=1S/C23H23F3N4O3/c1-3-33-22(32)16-8-10-29(11-9-16)21(31)18-13-20-27-17(15-6-4-14(2)5-7-15)12-19(23(24,25)26)30(20)28-18/h4-7,12-13,16H,3,8-11H2,1-2H3. The van der Waals surface area contributed by atoms with Gasteiger partial charge < -0.3 is 9.64 Å². The molecule has 10 heteroatoms. The summed E-state index contributed by atoms with van der Waals surface area (Å²) in [5.41, 5.74) is 0.449. The van der Waals surface area contributed by atoms with Gasteiger partial charge in [-0.05, 0) is 32.8 Å². The lowest BCUT2D eigenvalue weighted by Crippen LogP contribution is -2.40. The van der Waals surface area contributed by atoms with Crippen molar-refractivity contribution in [2.45, 2.75) is 32.9 Å². The number of esters is 1. The van der Waals surface area contributed by atoms with Gasteiger partial charge in [-0.1, -0.05) is 29.8 Å². The van der Waals surface area contributed by atoms with E-state index in [9.17, 15) is 22.8 Å². The molecule has 2 aromatic heterocycles. The van der Waals surface area contributed by atoms with Crippen molar-refractivity contribution in [3.63, 3.8) is 0 Å². The first-order valence-electron chi connectivity index (χ1n) is 10.7. The maximum absolute atomic E-state index is 13.8. The van der Waals surface area contributed by atoms with Crippen LogP contribution in [0.3, 0.4) is 0 Å². The predicted molar refractivity (Wildman–Crippen MR) is 113 cm³/mol. The van der Waals surface area contributed by atoms with Crippen LogP contribution >= 0.6 is 0 Å². The summed E-state index contributed by atoms with van der Waals surface area (Å²) in [7, 11) is 0. The Balaban J connectivity index is 1.64. The van der Waals surface area contributed by atoms with Gasteiger partial charge >= 0.3 is 12.1 Å². The van der Waals surface area contributed by atoms with Crippen LogP contribution in [0.25, 0.3) is 16.9 Å². The summed E-state index contributed by atoms with van der Waals surface area (Å²) >= 11 is 0. The maximum Gasteiger partial charge on any atom is 0.433 e. The Labute approximate surface area is 188 Å². The number of hydrogen-bond acceptors (Lipinski definition) is 5. The Morgan fingerprint density at radius 1 is 1.12 bits per heavy atom.